The van der Waals surface area contributed by atoms with Gasteiger partial charge in [-0.1, -0.05) is 19.6 Å². The van der Waals surface area contributed by atoms with E-state index in [0.717, 1.165) is 52.0 Å². The van der Waals surface area contributed by atoms with E-state index in [0.29, 0.717) is 6.73 Å². The minimum atomic E-state index is -1.13. The fraction of sp³-hybridized carbons (Fsp3) is 0.400. The lowest BCUT2D eigenvalue weighted by Gasteiger charge is -2.17. The molecule has 0 spiro atoms. The number of allylic oxidation sites excluding steroid dienone is 1. The van der Waals surface area contributed by atoms with E-state index in [9.17, 15) is 4.39 Å². The van der Waals surface area contributed by atoms with Gasteiger partial charge in [0.2, 0.25) is 0 Å². The van der Waals surface area contributed by atoms with Crippen molar-refractivity contribution >= 4 is 42.5 Å². The molecule has 0 fully saturated rings. The largest absolute Gasteiger partial charge is 0.361 e. The standard InChI is InChI=1S/C20H25FIN3OSi/c1-27(2,3)13-12-26-14-25-19(16-4-6-17(21)7-5-16)18(24-20(25)22)15-8-10-23-11-9-15/h4-8,10H,9,11-14H2,1-3H3. The Labute approximate surface area is 174 Å². The van der Waals surface area contributed by atoms with Crippen LogP contribution in [-0.4, -0.2) is 37.0 Å². The first-order valence-electron chi connectivity index (χ1n) is 9.14. The minimum absolute atomic E-state index is 0.239. The molecule has 144 valence electrons. The van der Waals surface area contributed by atoms with Gasteiger partial charge >= 0.3 is 0 Å². The number of dihydropyridines is 1. The van der Waals surface area contributed by atoms with Crippen molar-refractivity contribution in [3.63, 3.8) is 0 Å². The van der Waals surface area contributed by atoms with E-state index in [1.54, 1.807) is 0 Å². The zero-order valence-corrected chi connectivity index (χ0v) is 19.2. The molecule has 1 aliphatic heterocycles. The van der Waals surface area contributed by atoms with Gasteiger partial charge in [-0.15, -0.1) is 0 Å². The lowest BCUT2D eigenvalue weighted by atomic mass is 10.0. The molecular formula is C20H25FIN3OSi. The highest BCUT2D eigenvalue weighted by molar-refractivity contribution is 14.1. The first kappa shape index (κ1) is 20.4. The maximum Gasteiger partial charge on any atom is 0.174 e. The number of hydrogen-bond donors (Lipinski definition) is 0. The Morgan fingerprint density at radius 1 is 1.22 bits per heavy atom. The van der Waals surface area contributed by atoms with E-state index in [2.05, 4.69) is 51.8 Å². The number of hydrogen-bond acceptors (Lipinski definition) is 3. The average molecular weight is 497 g/mol. The van der Waals surface area contributed by atoms with Gasteiger partial charge in [0.1, 0.15) is 12.5 Å². The van der Waals surface area contributed by atoms with E-state index in [4.69, 9.17) is 9.72 Å². The van der Waals surface area contributed by atoms with Crippen LogP contribution in [0.4, 0.5) is 4.39 Å². The summed E-state index contributed by atoms with van der Waals surface area (Å²) < 4.78 is 22.4. The lowest BCUT2D eigenvalue weighted by molar-refractivity contribution is 0.0864. The van der Waals surface area contributed by atoms with Gasteiger partial charge in [0.15, 0.2) is 3.83 Å². The van der Waals surface area contributed by atoms with Crippen LogP contribution >= 0.6 is 22.6 Å². The second-order valence-corrected chi connectivity index (χ2v) is 14.4. The SMILES string of the molecule is C[Si](C)(C)CCOCn1c(I)nc(C2=CC=NCC2)c1-c1ccc(F)cc1. The number of halogens is 2. The van der Waals surface area contributed by atoms with Gasteiger partial charge in [0.05, 0.1) is 11.4 Å². The highest BCUT2D eigenvalue weighted by Crippen LogP contribution is 2.33. The van der Waals surface area contributed by atoms with Gasteiger partial charge in [-0.3, -0.25) is 9.56 Å². The van der Waals surface area contributed by atoms with E-state index < -0.39 is 8.07 Å². The lowest BCUT2D eigenvalue weighted by Crippen LogP contribution is -2.22. The third-order valence-corrected chi connectivity index (χ3v) is 6.98. The highest BCUT2D eigenvalue weighted by atomic mass is 127. The molecule has 27 heavy (non-hydrogen) atoms. The Bertz CT molecular complexity index is 853. The van der Waals surface area contributed by atoms with Gasteiger partial charge in [-0.2, -0.15) is 0 Å². The molecular weight excluding hydrogens is 472 g/mol. The van der Waals surface area contributed by atoms with Crippen molar-refractivity contribution in [2.24, 2.45) is 4.99 Å². The quantitative estimate of drug-likeness (QED) is 0.290. The molecule has 0 atom stereocenters. The monoisotopic (exact) mass is 497 g/mol. The Morgan fingerprint density at radius 2 is 1.96 bits per heavy atom. The summed E-state index contributed by atoms with van der Waals surface area (Å²) in [6.45, 7) is 9.00. The highest BCUT2D eigenvalue weighted by Gasteiger charge is 2.21. The molecule has 3 rings (SSSR count). The summed E-state index contributed by atoms with van der Waals surface area (Å²) in [4.78, 5) is 9.09. The zero-order valence-electron chi connectivity index (χ0n) is 16.0. The van der Waals surface area contributed by atoms with E-state index in [1.807, 2.05) is 24.4 Å². The van der Waals surface area contributed by atoms with E-state index >= 15 is 0 Å². The van der Waals surface area contributed by atoms with Gasteiger partial charge in [0.25, 0.3) is 0 Å². The molecule has 1 aliphatic rings. The molecule has 7 heteroatoms. The van der Waals surface area contributed by atoms with Crippen molar-refractivity contribution in [1.29, 1.82) is 0 Å². The van der Waals surface area contributed by atoms with Crippen molar-refractivity contribution < 1.29 is 9.13 Å². The molecule has 2 heterocycles. The van der Waals surface area contributed by atoms with Crippen LogP contribution < -0.4 is 0 Å². The second-order valence-electron chi connectivity index (χ2n) is 7.86. The van der Waals surface area contributed by atoms with Crippen molar-refractivity contribution in [2.45, 2.75) is 38.8 Å². The predicted octanol–water partition coefficient (Wildman–Crippen LogP) is 5.46. The molecule has 0 saturated heterocycles. The smallest absolute Gasteiger partial charge is 0.174 e. The van der Waals surface area contributed by atoms with Crippen LogP contribution in [0.1, 0.15) is 12.1 Å². The van der Waals surface area contributed by atoms with Crippen LogP contribution in [0.25, 0.3) is 16.8 Å². The summed E-state index contributed by atoms with van der Waals surface area (Å²) in [5, 5.41) is 0. The van der Waals surface area contributed by atoms with E-state index in [-0.39, 0.29) is 5.82 Å². The fourth-order valence-corrected chi connectivity index (χ4v) is 4.26. The molecule has 0 unspecified atom stereocenters. The van der Waals surface area contributed by atoms with Gasteiger partial charge < -0.3 is 4.74 Å². The summed E-state index contributed by atoms with van der Waals surface area (Å²) in [6.07, 6.45) is 4.71. The van der Waals surface area contributed by atoms with Crippen LogP contribution in [0, 0.1) is 9.65 Å². The van der Waals surface area contributed by atoms with Crippen LogP contribution in [-0.2, 0) is 11.5 Å². The van der Waals surface area contributed by atoms with Crippen LogP contribution in [0.5, 0.6) is 0 Å². The van der Waals surface area contributed by atoms with Crippen LogP contribution in [0.15, 0.2) is 35.3 Å². The first-order chi connectivity index (χ1) is 12.8. The summed E-state index contributed by atoms with van der Waals surface area (Å²) in [6, 6.07) is 7.72. The molecule has 1 aromatic heterocycles. The number of nitrogens with zero attached hydrogens (tertiary/aromatic N) is 3. The number of aliphatic imine (C=N–C) groups is 1. The predicted molar refractivity (Wildman–Crippen MR) is 120 cm³/mol. The molecule has 1 aromatic carbocycles. The molecule has 2 aromatic rings. The number of ether oxygens (including phenoxy) is 1. The van der Waals surface area contributed by atoms with Crippen LogP contribution in [0.3, 0.4) is 0 Å². The molecule has 0 saturated carbocycles. The normalized spacial score (nSPS) is 14.5. The molecule has 0 aliphatic carbocycles. The van der Waals surface area contributed by atoms with Crippen molar-refractivity contribution in [3.8, 4) is 11.3 Å². The minimum Gasteiger partial charge on any atom is -0.361 e. The number of aromatic nitrogens is 2. The Balaban J connectivity index is 1.94. The first-order valence-corrected chi connectivity index (χ1v) is 13.9. The number of benzene rings is 1. The topological polar surface area (TPSA) is 39.4 Å². The van der Waals surface area contributed by atoms with Gasteiger partial charge in [-0.25, -0.2) is 9.37 Å². The third-order valence-electron chi connectivity index (χ3n) is 4.45. The summed E-state index contributed by atoms with van der Waals surface area (Å²) in [7, 11) is -1.13. The zero-order chi connectivity index (χ0) is 19.4. The number of imidazole rings is 1. The summed E-state index contributed by atoms with van der Waals surface area (Å²) in [5.74, 6) is -0.239. The van der Waals surface area contributed by atoms with Crippen molar-refractivity contribution in [2.75, 3.05) is 13.2 Å². The third kappa shape index (κ3) is 5.36. The van der Waals surface area contributed by atoms with Gasteiger partial charge in [-0.05, 0) is 48.4 Å². The molecule has 4 nitrogen and oxygen atoms in total. The number of rotatable bonds is 7. The maximum absolute atomic E-state index is 13.4. The average Bonchev–Trinajstić information content (AvgIpc) is 2.96. The molecule has 0 N–H and O–H groups in total. The molecule has 0 amide bonds. The van der Waals surface area contributed by atoms with Crippen LogP contribution in [0.2, 0.25) is 25.7 Å². The molecule has 0 bridgehead atoms. The Morgan fingerprint density at radius 3 is 2.59 bits per heavy atom. The van der Waals surface area contributed by atoms with Crippen molar-refractivity contribution in [3.05, 3.63) is 45.7 Å². The maximum atomic E-state index is 13.4. The Kier molecular flexibility index (Phi) is 6.64. The van der Waals surface area contributed by atoms with Crippen molar-refractivity contribution in [1.82, 2.24) is 9.55 Å². The Hall–Kier alpha value is -1.32. The molecule has 0 radical (unpaired) electrons. The fourth-order valence-electron chi connectivity index (χ4n) is 2.88. The van der Waals surface area contributed by atoms with E-state index in [1.165, 1.54) is 12.1 Å². The van der Waals surface area contributed by atoms with Gasteiger partial charge in [0, 0.05) is 55.6 Å². The summed E-state index contributed by atoms with van der Waals surface area (Å²) >= 11 is 2.25. The summed E-state index contributed by atoms with van der Waals surface area (Å²) in [5.41, 5.74) is 4.02. The second kappa shape index (κ2) is 8.79.